The van der Waals surface area contributed by atoms with E-state index in [9.17, 15) is 10.1 Å². The standard InChI is InChI=1S/C27H20Cl2N4O3/c1-17-30-16-27(33(34)35)32(17)11-12-36-20-6-4-5-18(13-20)26-15-22(21-7-2-3-8-24(21)29)23-14-19(28)9-10-25(23)31-26/h2-10,13-16H,11-12H2,1H3. The molecule has 0 aliphatic carbocycles. The van der Waals surface area contributed by atoms with E-state index in [4.69, 9.17) is 32.9 Å². The van der Waals surface area contributed by atoms with Crippen molar-refractivity contribution in [2.45, 2.75) is 13.5 Å². The maximum atomic E-state index is 11.2. The molecule has 0 spiro atoms. The SMILES string of the molecule is Cc1ncc([N+](=O)[O-])n1CCOc1cccc(-c2cc(-c3ccccc3Cl)c3cc(Cl)ccc3n2)c1. The number of ether oxygens (including phenoxy) is 1. The predicted molar refractivity (Wildman–Crippen MR) is 142 cm³/mol. The van der Waals surface area contributed by atoms with Crippen molar-refractivity contribution >= 4 is 39.9 Å². The highest BCUT2D eigenvalue weighted by molar-refractivity contribution is 6.34. The third kappa shape index (κ3) is 4.76. The number of imidazole rings is 1. The second-order valence-corrected chi connectivity index (χ2v) is 8.99. The molecule has 2 heterocycles. The van der Waals surface area contributed by atoms with Crippen molar-refractivity contribution in [3.8, 4) is 28.1 Å². The van der Waals surface area contributed by atoms with Crippen molar-refractivity contribution in [3.63, 3.8) is 0 Å². The van der Waals surface area contributed by atoms with Crippen LogP contribution in [-0.2, 0) is 6.54 Å². The number of benzene rings is 3. The molecule has 0 amide bonds. The van der Waals surface area contributed by atoms with E-state index in [1.807, 2.05) is 72.8 Å². The largest absolute Gasteiger partial charge is 0.489 e. The Hall–Kier alpha value is -3.94. The van der Waals surface area contributed by atoms with Gasteiger partial charge in [0.15, 0.2) is 5.82 Å². The molecule has 0 radical (unpaired) electrons. The van der Waals surface area contributed by atoms with Crippen molar-refractivity contribution in [1.29, 1.82) is 0 Å². The van der Waals surface area contributed by atoms with Gasteiger partial charge in [-0.3, -0.25) is 0 Å². The Morgan fingerprint density at radius 3 is 2.64 bits per heavy atom. The molecule has 0 atom stereocenters. The van der Waals surface area contributed by atoms with Crippen LogP contribution in [0.25, 0.3) is 33.3 Å². The number of pyridine rings is 1. The third-order valence-electron chi connectivity index (χ3n) is 5.87. The zero-order valence-electron chi connectivity index (χ0n) is 19.2. The van der Waals surface area contributed by atoms with E-state index in [1.54, 1.807) is 6.92 Å². The number of halogens is 2. The zero-order chi connectivity index (χ0) is 25.2. The molecule has 3 aromatic carbocycles. The van der Waals surface area contributed by atoms with Crippen LogP contribution >= 0.6 is 23.2 Å². The fourth-order valence-corrected chi connectivity index (χ4v) is 4.54. The molecule has 9 heteroatoms. The van der Waals surface area contributed by atoms with E-state index in [1.165, 1.54) is 10.8 Å². The summed E-state index contributed by atoms with van der Waals surface area (Å²) in [4.78, 5) is 19.7. The summed E-state index contributed by atoms with van der Waals surface area (Å²) in [6.45, 7) is 2.27. The highest BCUT2D eigenvalue weighted by atomic mass is 35.5. The molecular weight excluding hydrogens is 499 g/mol. The van der Waals surface area contributed by atoms with Crippen LogP contribution in [0.4, 0.5) is 5.82 Å². The van der Waals surface area contributed by atoms with Crippen molar-refractivity contribution < 1.29 is 9.66 Å². The molecule has 7 nitrogen and oxygen atoms in total. The highest BCUT2D eigenvalue weighted by Gasteiger charge is 2.17. The van der Waals surface area contributed by atoms with E-state index >= 15 is 0 Å². The van der Waals surface area contributed by atoms with Crippen LogP contribution in [0.2, 0.25) is 10.0 Å². The lowest BCUT2D eigenvalue weighted by Crippen LogP contribution is -2.11. The van der Waals surface area contributed by atoms with Crippen LogP contribution < -0.4 is 4.74 Å². The molecule has 0 saturated heterocycles. The van der Waals surface area contributed by atoms with Gasteiger partial charge in [0, 0.05) is 33.5 Å². The van der Waals surface area contributed by atoms with E-state index < -0.39 is 4.92 Å². The average molecular weight is 519 g/mol. The predicted octanol–water partition coefficient (Wildman–Crippen LogP) is 7.37. The summed E-state index contributed by atoms with van der Waals surface area (Å²) < 4.78 is 7.45. The maximum absolute atomic E-state index is 11.2. The molecule has 0 aliphatic heterocycles. The molecule has 5 aromatic rings. The topological polar surface area (TPSA) is 83.1 Å². The van der Waals surface area contributed by atoms with Crippen LogP contribution in [0.5, 0.6) is 5.75 Å². The molecule has 0 bridgehead atoms. The van der Waals surface area contributed by atoms with Crippen LogP contribution in [-0.4, -0.2) is 26.1 Å². The van der Waals surface area contributed by atoms with Crippen LogP contribution in [0.3, 0.4) is 0 Å². The first-order valence-electron chi connectivity index (χ1n) is 11.2. The van der Waals surface area contributed by atoms with Gasteiger partial charge in [-0.25, -0.2) is 14.5 Å². The van der Waals surface area contributed by atoms with Crippen molar-refractivity contribution in [2.75, 3.05) is 6.61 Å². The Bertz CT molecular complexity index is 1600. The molecule has 5 rings (SSSR count). The Morgan fingerprint density at radius 2 is 1.83 bits per heavy atom. The summed E-state index contributed by atoms with van der Waals surface area (Å²) in [6, 6.07) is 22.8. The molecule has 0 fully saturated rings. The van der Waals surface area contributed by atoms with Gasteiger partial charge in [-0.1, -0.05) is 53.5 Å². The fraction of sp³-hybridized carbons (Fsp3) is 0.111. The molecule has 0 saturated carbocycles. The molecular formula is C27H20Cl2N4O3. The number of rotatable bonds is 7. The van der Waals surface area contributed by atoms with Crippen LogP contribution in [0, 0.1) is 17.0 Å². The fourth-order valence-electron chi connectivity index (χ4n) is 4.13. The lowest BCUT2D eigenvalue weighted by Gasteiger charge is -2.13. The number of fused-ring (bicyclic) bond motifs is 1. The monoisotopic (exact) mass is 518 g/mol. The summed E-state index contributed by atoms with van der Waals surface area (Å²) in [5, 5.41) is 13.4. The van der Waals surface area contributed by atoms with E-state index in [0.717, 1.165) is 33.3 Å². The second kappa shape index (κ2) is 9.97. The van der Waals surface area contributed by atoms with Gasteiger partial charge in [0.05, 0.1) is 11.2 Å². The Labute approximate surface area is 217 Å². The summed E-state index contributed by atoms with van der Waals surface area (Å²) >= 11 is 12.8. The van der Waals surface area contributed by atoms with E-state index in [-0.39, 0.29) is 12.4 Å². The van der Waals surface area contributed by atoms with Crippen molar-refractivity contribution in [3.05, 3.63) is 105 Å². The number of hydrogen-bond donors (Lipinski definition) is 0. The van der Waals surface area contributed by atoms with Gasteiger partial charge in [0.1, 0.15) is 25.1 Å². The molecule has 2 aromatic heterocycles. The molecule has 0 aliphatic rings. The minimum Gasteiger partial charge on any atom is -0.489 e. The maximum Gasteiger partial charge on any atom is 0.342 e. The zero-order valence-corrected chi connectivity index (χ0v) is 20.7. The number of nitro groups is 1. The first kappa shape index (κ1) is 23.8. The van der Waals surface area contributed by atoms with Gasteiger partial charge in [-0.15, -0.1) is 0 Å². The molecule has 0 N–H and O–H groups in total. The Morgan fingerprint density at radius 1 is 1.00 bits per heavy atom. The number of aryl methyl sites for hydroxylation is 1. The van der Waals surface area contributed by atoms with Gasteiger partial charge in [0.2, 0.25) is 0 Å². The van der Waals surface area contributed by atoms with Crippen molar-refractivity contribution in [1.82, 2.24) is 14.5 Å². The lowest BCUT2D eigenvalue weighted by atomic mass is 9.98. The number of hydrogen-bond acceptors (Lipinski definition) is 5. The molecule has 36 heavy (non-hydrogen) atoms. The van der Waals surface area contributed by atoms with E-state index in [2.05, 4.69) is 4.98 Å². The summed E-state index contributed by atoms with van der Waals surface area (Å²) in [6.07, 6.45) is 1.26. The van der Waals surface area contributed by atoms with Crippen molar-refractivity contribution in [2.24, 2.45) is 0 Å². The van der Waals surface area contributed by atoms with Crippen LogP contribution in [0.1, 0.15) is 5.82 Å². The second-order valence-electron chi connectivity index (χ2n) is 8.15. The van der Waals surface area contributed by atoms with Gasteiger partial charge < -0.3 is 14.9 Å². The third-order valence-corrected chi connectivity index (χ3v) is 6.43. The Balaban J connectivity index is 1.47. The summed E-state index contributed by atoms with van der Waals surface area (Å²) in [5.41, 5.74) is 4.23. The van der Waals surface area contributed by atoms with Gasteiger partial charge in [0.25, 0.3) is 0 Å². The molecule has 180 valence electrons. The first-order chi connectivity index (χ1) is 17.4. The smallest absolute Gasteiger partial charge is 0.342 e. The minimum absolute atomic E-state index is 0.0579. The van der Waals surface area contributed by atoms with E-state index in [0.29, 0.717) is 28.2 Å². The number of aromatic nitrogens is 3. The van der Waals surface area contributed by atoms with Crippen LogP contribution in [0.15, 0.2) is 79.0 Å². The first-order valence-corrected chi connectivity index (χ1v) is 11.9. The van der Waals surface area contributed by atoms with Gasteiger partial charge in [-0.05, 0) is 53.0 Å². The van der Waals surface area contributed by atoms with Gasteiger partial charge in [-0.2, -0.15) is 0 Å². The average Bonchev–Trinajstić information content (AvgIpc) is 3.24. The molecule has 0 unspecified atom stereocenters. The Kier molecular flexibility index (Phi) is 6.59. The van der Waals surface area contributed by atoms with Gasteiger partial charge >= 0.3 is 5.82 Å². The summed E-state index contributed by atoms with van der Waals surface area (Å²) in [7, 11) is 0. The quantitative estimate of drug-likeness (QED) is 0.166. The lowest BCUT2D eigenvalue weighted by molar-refractivity contribution is -0.392. The highest BCUT2D eigenvalue weighted by Crippen LogP contribution is 2.37. The minimum atomic E-state index is -0.449. The number of nitrogens with zero attached hydrogens (tertiary/aromatic N) is 4. The summed E-state index contributed by atoms with van der Waals surface area (Å²) in [5.74, 6) is 1.13. The normalized spacial score (nSPS) is 11.1.